The number of urea groups is 1. The molecule has 0 fully saturated rings. The minimum atomic E-state index is -0.891. The van der Waals surface area contributed by atoms with Crippen molar-refractivity contribution in [1.82, 2.24) is 10.9 Å². The first-order chi connectivity index (χ1) is 8.56. The van der Waals surface area contributed by atoms with Crippen molar-refractivity contribution < 1.29 is 19.7 Å². The summed E-state index contributed by atoms with van der Waals surface area (Å²) < 4.78 is 0. The third-order valence-electron chi connectivity index (χ3n) is 2.44. The van der Waals surface area contributed by atoms with Crippen LogP contribution in [-0.2, 0) is 9.59 Å². The molecule has 6 N–H and O–H groups in total. The van der Waals surface area contributed by atoms with Crippen molar-refractivity contribution >= 4 is 17.7 Å². The van der Waals surface area contributed by atoms with Crippen LogP contribution in [0.25, 0.3) is 0 Å². The first-order valence-electron chi connectivity index (χ1n) is 5.71. The molecule has 0 unspecified atom stereocenters. The van der Waals surface area contributed by atoms with E-state index in [2.05, 4.69) is 5.43 Å². The van der Waals surface area contributed by atoms with Gasteiger partial charge in [0.15, 0.2) is 0 Å². The summed E-state index contributed by atoms with van der Waals surface area (Å²) >= 11 is 0. The van der Waals surface area contributed by atoms with Gasteiger partial charge in [0.1, 0.15) is 18.0 Å². The van der Waals surface area contributed by atoms with Gasteiger partial charge < -0.3 is 5.73 Å². The van der Waals surface area contributed by atoms with Crippen molar-refractivity contribution in [2.75, 3.05) is 0 Å². The van der Waals surface area contributed by atoms with Gasteiger partial charge in [-0.3, -0.25) is 20.3 Å². The Kier molecular flexibility index (Phi) is 5.06. The lowest BCUT2D eigenvalue weighted by Gasteiger charge is -2.11. The first kappa shape index (κ1) is 13.9. The molecule has 3 amide bonds. The van der Waals surface area contributed by atoms with Crippen LogP contribution in [0, 0.1) is 0 Å². The summed E-state index contributed by atoms with van der Waals surface area (Å²) in [6, 6.07) is -0.891. The molecule has 0 saturated carbocycles. The van der Waals surface area contributed by atoms with Gasteiger partial charge in [-0.1, -0.05) is 13.3 Å². The monoisotopic (exact) mass is 253 g/mol. The molecule has 0 radical (unpaired) electrons. The van der Waals surface area contributed by atoms with Crippen LogP contribution in [0.4, 0.5) is 4.79 Å². The Labute approximate surface area is 104 Å². The number of carbonyl (C=O) groups excluding carboxylic acids is 3. The Hall–Kier alpha value is -2.15. The van der Waals surface area contributed by atoms with Crippen molar-refractivity contribution in [2.24, 2.45) is 5.73 Å². The SMILES string of the molecule is CCCCC1=C[NH2+]C=C(C(=O)NNC(N)=O)C1=O. The number of Topliss-reactive ketones (excluding diaryl/α,β-unsaturated/α-hetero) is 1. The van der Waals surface area contributed by atoms with Gasteiger partial charge in [-0.05, 0) is 12.8 Å². The number of rotatable bonds is 4. The predicted molar refractivity (Wildman–Crippen MR) is 63.5 cm³/mol. The summed E-state index contributed by atoms with van der Waals surface area (Å²) in [5, 5.41) is 1.64. The molecule has 0 atom stereocenters. The van der Waals surface area contributed by atoms with E-state index in [0.29, 0.717) is 12.0 Å². The maximum absolute atomic E-state index is 12.0. The zero-order valence-corrected chi connectivity index (χ0v) is 10.2. The molecule has 7 nitrogen and oxygen atoms in total. The number of hydrogen-bond acceptors (Lipinski definition) is 3. The molecule has 0 bridgehead atoms. The second kappa shape index (κ2) is 6.55. The van der Waals surface area contributed by atoms with E-state index in [0.717, 1.165) is 12.8 Å². The van der Waals surface area contributed by atoms with Crippen LogP contribution in [0.1, 0.15) is 26.2 Å². The molecule has 0 spiro atoms. The van der Waals surface area contributed by atoms with Crippen molar-refractivity contribution in [3.8, 4) is 0 Å². The molecule has 1 aliphatic heterocycles. The van der Waals surface area contributed by atoms with Gasteiger partial charge in [-0.25, -0.2) is 10.2 Å². The van der Waals surface area contributed by atoms with Crippen LogP contribution in [0.2, 0.25) is 0 Å². The van der Waals surface area contributed by atoms with Gasteiger partial charge in [-0.2, -0.15) is 0 Å². The molecule has 18 heavy (non-hydrogen) atoms. The minimum absolute atomic E-state index is 0.00245. The first-order valence-corrected chi connectivity index (χ1v) is 5.71. The number of hydrazine groups is 1. The van der Waals surface area contributed by atoms with Gasteiger partial charge in [0.2, 0.25) is 5.78 Å². The fourth-order valence-corrected chi connectivity index (χ4v) is 1.51. The highest BCUT2D eigenvalue weighted by Gasteiger charge is 2.26. The van der Waals surface area contributed by atoms with E-state index < -0.39 is 11.9 Å². The van der Waals surface area contributed by atoms with Crippen molar-refractivity contribution in [2.45, 2.75) is 26.2 Å². The van der Waals surface area contributed by atoms with E-state index >= 15 is 0 Å². The molecule has 1 aliphatic rings. The van der Waals surface area contributed by atoms with E-state index in [1.807, 2.05) is 12.3 Å². The summed E-state index contributed by atoms with van der Waals surface area (Å²) in [7, 11) is 0. The molecule has 0 aromatic carbocycles. The van der Waals surface area contributed by atoms with Crippen LogP contribution in [0.15, 0.2) is 23.5 Å². The Bertz CT molecular complexity index is 426. The average molecular weight is 253 g/mol. The molecular weight excluding hydrogens is 236 g/mol. The Morgan fingerprint density at radius 3 is 2.67 bits per heavy atom. The lowest BCUT2D eigenvalue weighted by atomic mass is 9.98. The lowest BCUT2D eigenvalue weighted by Crippen LogP contribution is -2.73. The molecule has 0 aromatic heterocycles. The topological polar surface area (TPSA) is 118 Å². The summed E-state index contributed by atoms with van der Waals surface area (Å²) in [4.78, 5) is 34.0. The van der Waals surface area contributed by atoms with Crippen LogP contribution in [0.5, 0.6) is 0 Å². The Balaban J connectivity index is 2.62. The molecule has 1 rings (SSSR count). The fourth-order valence-electron chi connectivity index (χ4n) is 1.51. The van der Waals surface area contributed by atoms with Gasteiger partial charge in [-0.15, -0.1) is 0 Å². The molecule has 1 heterocycles. The van der Waals surface area contributed by atoms with Gasteiger partial charge in [0, 0.05) is 0 Å². The third-order valence-corrected chi connectivity index (χ3v) is 2.44. The summed E-state index contributed by atoms with van der Waals surface area (Å²) in [6.45, 7) is 2.03. The second-order valence-corrected chi connectivity index (χ2v) is 3.84. The highest BCUT2D eigenvalue weighted by molar-refractivity contribution is 6.25. The number of ketones is 1. The van der Waals surface area contributed by atoms with E-state index in [4.69, 9.17) is 5.73 Å². The standard InChI is InChI=1S/C11H16N4O3/c1-2-3-4-7-5-13-6-8(9(7)16)10(17)14-15-11(12)18/h5-6H,2-4H2,1H3,(H,13,16)(H,14,17)(H3,12,15,18)/p+1. The quantitative estimate of drug-likeness (QED) is 0.372. The molecule has 0 aromatic rings. The summed E-state index contributed by atoms with van der Waals surface area (Å²) in [6.07, 6.45) is 5.62. The zero-order chi connectivity index (χ0) is 13.5. The van der Waals surface area contributed by atoms with Gasteiger partial charge in [0.25, 0.3) is 5.91 Å². The maximum atomic E-state index is 12.0. The van der Waals surface area contributed by atoms with Gasteiger partial charge in [0.05, 0.1) is 5.57 Å². The average Bonchev–Trinajstić information content (AvgIpc) is 2.34. The molecular formula is C11H17N4O3+. The maximum Gasteiger partial charge on any atom is 0.330 e. The van der Waals surface area contributed by atoms with Gasteiger partial charge >= 0.3 is 6.03 Å². The van der Waals surface area contributed by atoms with E-state index in [9.17, 15) is 14.4 Å². The van der Waals surface area contributed by atoms with Crippen LogP contribution >= 0.6 is 0 Å². The summed E-state index contributed by atoms with van der Waals surface area (Å²) in [5.41, 5.74) is 9.40. The normalized spacial score (nSPS) is 14.6. The number of hydrogen-bond donors (Lipinski definition) is 4. The minimum Gasteiger partial charge on any atom is -0.350 e. The number of unbranched alkanes of at least 4 members (excludes halogenated alkanes) is 1. The largest absolute Gasteiger partial charge is 0.350 e. The second-order valence-electron chi connectivity index (χ2n) is 3.84. The Morgan fingerprint density at radius 1 is 1.33 bits per heavy atom. The lowest BCUT2D eigenvalue weighted by molar-refractivity contribution is -0.516. The van der Waals surface area contributed by atoms with Crippen molar-refractivity contribution in [3.63, 3.8) is 0 Å². The molecule has 0 aliphatic carbocycles. The van der Waals surface area contributed by atoms with E-state index in [1.54, 1.807) is 11.5 Å². The molecule has 98 valence electrons. The number of carbonyl (C=O) groups is 3. The highest BCUT2D eigenvalue weighted by atomic mass is 16.2. The molecule has 7 heteroatoms. The van der Waals surface area contributed by atoms with Crippen molar-refractivity contribution in [1.29, 1.82) is 0 Å². The van der Waals surface area contributed by atoms with Crippen LogP contribution < -0.4 is 21.9 Å². The number of primary amides is 1. The molecule has 0 saturated heterocycles. The van der Waals surface area contributed by atoms with E-state index in [-0.39, 0.29) is 11.4 Å². The smallest absolute Gasteiger partial charge is 0.330 e. The number of nitrogens with one attached hydrogen (secondary N) is 2. The number of amides is 3. The number of nitrogens with two attached hydrogens (primary N) is 2. The third kappa shape index (κ3) is 3.70. The Morgan fingerprint density at radius 2 is 2.06 bits per heavy atom. The number of allylic oxidation sites excluding steroid dienone is 1. The van der Waals surface area contributed by atoms with Crippen LogP contribution in [0.3, 0.4) is 0 Å². The van der Waals surface area contributed by atoms with Crippen LogP contribution in [-0.4, -0.2) is 17.7 Å². The highest BCUT2D eigenvalue weighted by Crippen LogP contribution is 2.13. The van der Waals surface area contributed by atoms with E-state index in [1.165, 1.54) is 6.20 Å². The summed E-state index contributed by atoms with van der Waals surface area (Å²) in [5.74, 6) is -0.980. The van der Waals surface area contributed by atoms with Crippen molar-refractivity contribution in [3.05, 3.63) is 23.5 Å². The zero-order valence-electron chi connectivity index (χ0n) is 10.2. The fraction of sp³-hybridized carbons (Fsp3) is 0.364. The number of quaternary nitrogens is 1. The predicted octanol–water partition coefficient (Wildman–Crippen LogP) is -1.21.